The van der Waals surface area contributed by atoms with Gasteiger partial charge in [-0.2, -0.15) is 13.2 Å². The zero-order valence-electron chi connectivity index (χ0n) is 10.2. The van der Waals surface area contributed by atoms with Crippen LogP contribution >= 0.6 is 0 Å². The number of hydrogen-bond donors (Lipinski definition) is 2. The van der Waals surface area contributed by atoms with Crippen LogP contribution in [0.3, 0.4) is 0 Å². The van der Waals surface area contributed by atoms with Crippen LogP contribution in [0.4, 0.5) is 13.2 Å². The molecule has 2 N–H and O–H groups in total. The molecule has 0 aliphatic carbocycles. The highest BCUT2D eigenvalue weighted by atomic mass is 19.4. The van der Waals surface area contributed by atoms with Crippen molar-refractivity contribution >= 4 is 5.91 Å². The van der Waals surface area contributed by atoms with Crippen molar-refractivity contribution in [1.29, 1.82) is 0 Å². The maximum absolute atomic E-state index is 11.9. The molecule has 0 saturated carbocycles. The molecule has 1 fully saturated rings. The standard InChI is InChI=1S/C10H18F3N3O2/c1-14-9(17)8-6-15-2-3-16(8)4-5-18-7-10(11,12)13/h8,15H,2-7H2,1H3,(H,14,17). The lowest BCUT2D eigenvalue weighted by molar-refractivity contribution is -0.175. The molecule has 0 radical (unpaired) electrons. The summed E-state index contributed by atoms with van der Waals surface area (Å²) in [6.07, 6.45) is -4.30. The number of amides is 1. The summed E-state index contributed by atoms with van der Waals surface area (Å²) in [5.74, 6) is -0.141. The van der Waals surface area contributed by atoms with Gasteiger partial charge in [0.15, 0.2) is 0 Å². The minimum absolute atomic E-state index is 0.0347. The summed E-state index contributed by atoms with van der Waals surface area (Å²) < 4.78 is 40.1. The molecule has 1 aliphatic heterocycles. The Kier molecular flexibility index (Phi) is 5.83. The molecule has 8 heteroatoms. The Morgan fingerprint density at radius 3 is 2.89 bits per heavy atom. The van der Waals surface area contributed by atoms with Crippen molar-refractivity contribution in [3.63, 3.8) is 0 Å². The summed E-state index contributed by atoms with van der Waals surface area (Å²) in [4.78, 5) is 13.4. The molecule has 1 atom stereocenters. The number of nitrogens with one attached hydrogen (secondary N) is 2. The molecule has 1 saturated heterocycles. The first-order valence-electron chi connectivity index (χ1n) is 5.75. The van der Waals surface area contributed by atoms with E-state index < -0.39 is 12.8 Å². The fourth-order valence-corrected chi connectivity index (χ4v) is 1.81. The summed E-state index contributed by atoms with van der Waals surface area (Å²) in [6, 6.07) is -0.349. The molecule has 1 rings (SSSR count). The van der Waals surface area contributed by atoms with Gasteiger partial charge in [0.2, 0.25) is 5.91 Å². The topological polar surface area (TPSA) is 53.6 Å². The Morgan fingerprint density at radius 1 is 1.56 bits per heavy atom. The molecular weight excluding hydrogens is 251 g/mol. The van der Waals surface area contributed by atoms with Crippen LogP contribution in [-0.2, 0) is 9.53 Å². The second-order valence-electron chi connectivity index (χ2n) is 4.04. The van der Waals surface area contributed by atoms with Crippen molar-refractivity contribution in [3.8, 4) is 0 Å². The number of likely N-dealkylation sites (N-methyl/N-ethyl adjacent to an activating group) is 1. The minimum atomic E-state index is -4.30. The van der Waals surface area contributed by atoms with E-state index in [2.05, 4.69) is 15.4 Å². The number of carbonyl (C=O) groups excluding carboxylic acids is 1. The van der Waals surface area contributed by atoms with Gasteiger partial charge in [-0.25, -0.2) is 0 Å². The number of carbonyl (C=O) groups is 1. The van der Waals surface area contributed by atoms with Crippen LogP contribution in [0.5, 0.6) is 0 Å². The molecule has 18 heavy (non-hydrogen) atoms. The molecule has 0 bridgehead atoms. The van der Waals surface area contributed by atoms with Gasteiger partial charge in [0.25, 0.3) is 0 Å². The highest BCUT2D eigenvalue weighted by Crippen LogP contribution is 2.14. The normalized spacial score (nSPS) is 21.9. The summed E-state index contributed by atoms with van der Waals surface area (Å²) in [7, 11) is 1.54. The van der Waals surface area contributed by atoms with E-state index in [4.69, 9.17) is 0 Å². The Hall–Kier alpha value is -0.860. The van der Waals surface area contributed by atoms with E-state index in [1.165, 1.54) is 7.05 Å². The summed E-state index contributed by atoms with van der Waals surface area (Å²) in [5.41, 5.74) is 0. The Morgan fingerprint density at radius 2 is 2.28 bits per heavy atom. The summed E-state index contributed by atoms with van der Waals surface area (Å²) >= 11 is 0. The van der Waals surface area contributed by atoms with Crippen molar-refractivity contribution in [2.24, 2.45) is 0 Å². The first kappa shape index (κ1) is 15.2. The van der Waals surface area contributed by atoms with Gasteiger partial charge in [0.1, 0.15) is 12.6 Å². The quantitative estimate of drug-likeness (QED) is 0.666. The number of piperazine rings is 1. The lowest BCUT2D eigenvalue weighted by Crippen LogP contribution is -2.58. The first-order chi connectivity index (χ1) is 8.44. The van der Waals surface area contributed by atoms with Gasteiger partial charge >= 0.3 is 6.18 Å². The third kappa shape index (κ3) is 5.19. The lowest BCUT2D eigenvalue weighted by Gasteiger charge is -2.34. The zero-order chi connectivity index (χ0) is 13.6. The number of rotatable bonds is 5. The number of ether oxygens (including phenoxy) is 1. The van der Waals surface area contributed by atoms with Crippen LogP contribution in [0.1, 0.15) is 0 Å². The molecule has 1 aliphatic rings. The predicted molar refractivity (Wildman–Crippen MR) is 59.2 cm³/mol. The Bertz CT molecular complexity index is 274. The fraction of sp³-hybridized carbons (Fsp3) is 0.900. The Balaban J connectivity index is 2.32. The molecule has 0 aromatic heterocycles. The minimum Gasteiger partial charge on any atom is -0.371 e. The maximum Gasteiger partial charge on any atom is 0.411 e. The molecule has 1 heterocycles. The second kappa shape index (κ2) is 6.91. The molecule has 0 spiro atoms. The molecular formula is C10H18F3N3O2. The first-order valence-corrected chi connectivity index (χ1v) is 5.75. The third-order valence-corrected chi connectivity index (χ3v) is 2.69. The zero-order valence-corrected chi connectivity index (χ0v) is 10.2. The monoisotopic (exact) mass is 269 g/mol. The van der Waals surface area contributed by atoms with E-state index in [1.807, 2.05) is 4.90 Å². The smallest absolute Gasteiger partial charge is 0.371 e. The van der Waals surface area contributed by atoms with Crippen molar-refractivity contribution in [1.82, 2.24) is 15.5 Å². The summed E-state index contributed by atoms with van der Waals surface area (Å²) in [5, 5.41) is 5.61. The number of nitrogens with zero attached hydrogens (tertiary/aromatic N) is 1. The van der Waals surface area contributed by atoms with Crippen molar-refractivity contribution in [2.45, 2.75) is 12.2 Å². The summed E-state index contributed by atoms with van der Waals surface area (Å²) in [6.45, 7) is 0.867. The molecule has 0 aromatic rings. The van der Waals surface area contributed by atoms with E-state index in [1.54, 1.807) is 0 Å². The van der Waals surface area contributed by atoms with E-state index in [0.717, 1.165) is 0 Å². The van der Waals surface area contributed by atoms with Crippen LogP contribution in [-0.4, -0.2) is 69.5 Å². The van der Waals surface area contributed by atoms with Crippen LogP contribution in [0.25, 0.3) is 0 Å². The van der Waals surface area contributed by atoms with Crippen molar-refractivity contribution in [2.75, 3.05) is 46.4 Å². The highest BCUT2D eigenvalue weighted by molar-refractivity contribution is 5.81. The van der Waals surface area contributed by atoms with Gasteiger partial charge in [0, 0.05) is 33.2 Å². The van der Waals surface area contributed by atoms with Gasteiger partial charge in [-0.1, -0.05) is 0 Å². The third-order valence-electron chi connectivity index (χ3n) is 2.69. The fourth-order valence-electron chi connectivity index (χ4n) is 1.81. The number of halogens is 3. The van der Waals surface area contributed by atoms with Gasteiger partial charge in [-0.3, -0.25) is 9.69 Å². The van der Waals surface area contributed by atoms with Crippen molar-refractivity contribution in [3.05, 3.63) is 0 Å². The molecule has 1 amide bonds. The van der Waals surface area contributed by atoms with E-state index in [-0.39, 0.29) is 18.6 Å². The lowest BCUT2D eigenvalue weighted by atomic mass is 10.2. The average molecular weight is 269 g/mol. The van der Waals surface area contributed by atoms with Crippen LogP contribution < -0.4 is 10.6 Å². The Labute approximate surface area is 104 Å². The highest BCUT2D eigenvalue weighted by Gasteiger charge is 2.29. The SMILES string of the molecule is CNC(=O)C1CNCCN1CCOCC(F)(F)F. The van der Waals surface area contributed by atoms with Gasteiger partial charge in [0.05, 0.1) is 6.61 Å². The number of hydrogen-bond acceptors (Lipinski definition) is 4. The van der Waals surface area contributed by atoms with E-state index in [9.17, 15) is 18.0 Å². The molecule has 5 nitrogen and oxygen atoms in total. The molecule has 1 unspecified atom stereocenters. The van der Waals surface area contributed by atoms with Crippen LogP contribution in [0.2, 0.25) is 0 Å². The average Bonchev–Trinajstić information content (AvgIpc) is 2.33. The van der Waals surface area contributed by atoms with Crippen molar-refractivity contribution < 1.29 is 22.7 Å². The van der Waals surface area contributed by atoms with Crippen LogP contribution in [0.15, 0.2) is 0 Å². The van der Waals surface area contributed by atoms with Crippen LogP contribution in [0, 0.1) is 0 Å². The van der Waals surface area contributed by atoms with Gasteiger partial charge in [-0.15, -0.1) is 0 Å². The largest absolute Gasteiger partial charge is 0.411 e. The molecule has 106 valence electrons. The maximum atomic E-state index is 11.9. The predicted octanol–water partition coefficient (Wildman–Crippen LogP) is -0.415. The van der Waals surface area contributed by atoms with Gasteiger partial charge in [-0.05, 0) is 0 Å². The van der Waals surface area contributed by atoms with E-state index in [0.29, 0.717) is 26.2 Å². The van der Waals surface area contributed by atoms with Gasteiger partial charge < -0.3 is 15.4 Å². The van der Waals surface area contributed by atoms with E-state index >= 15 is 0 Å². The molecule has 0 aromatic carbocycles. The number of alkyl halides is 3. The second-order valence-corrected chi connectivity index (χ2v) is 4.04.